The summed E-state index contributed by atoms with van der Waals surface area (Å²) in [5, 5.41) is 16.9. The minimum absolute atomic E-state index is 0. The Morgan fingerprint density at radius 1 is 1.08 bits per heavy atom. The van der Waals surface area contributed by atoms with E-state index in [1.807, 2.05) is 0 Å². The molecule has 1 heterocycles. The van der Waals surface area contributed by atoms with E-state index >= 15 is 0 Å². The number of aromatic carboxylic acids is 2. The van der Waals surface area contributed by atoms with Crippen molar-refractivity contribution in [1.29, 1.82) is 0 Å². The molecule has 1 rings (SSSR count). The molecule has 0 unspecified atom stereocenters. The number of carbonyl (C=O) groups is 2. The molecule has 6 heteroatoms. The maximum Gasteiger partial charge on any atom is 0.354 e. The molecule has 0 saturated carbocycles. The van der Waals surface area contributed by atoms with Gasteiger partial charge in [0.2, 0.25) is 0 Å². The summed E-state index contributed by atoms with van der Waals surface area (Å²) in [5.41, 5.74) is -0.537. The molecule has 2 N–H and O–H groups in total. The van der Waals surface area contributed by atoms with Crippen molar-refractivity contribution in [1.82, 2.24) is 4.98 Å². The first-order valence-corrected chi connectivity index (χ1v) is 3.05. The Hall–Kier alpha value is -1.39. The molecular weight excluding hydrogens is 218 g/mol. The Morgan fingerprint density at radius 2 is 1.46 bits per heavy atom. The van der Waals surface area contributed by atoms with Crippen molar-refractivity contribution in [3.63, 3.8) is 0 Å². The number of nitrogens with zero attached hydrogens (tertiary/aromatic N) is 1. The summed E-state index contributed by atoms with van der Waals surface area (Å²) in [6.45, 7) is 0. The topological polar surface area (TPSA) is 87.5 Å². The van der Waals surface area contributed by atoms with Crippen LogP contribution in [0.3, 0.4) is 0 Å². The van der Waals surface area contributed by atoms with Gasteiger partial charge in [-0.2, -0.15) is 0 Å². The van der Waals surface area contributed by atoms with E-state index < -0.39 is 11.9 Å². The van der Waals surface area contributed by atoms with Gasteiger partial charge in [-0.25, -0.2) is 14.6 Å². The molecule has 0 saturated heterocycles. The molecule has 70 valence electrons. The average Bonchev–Trinajstić information content (AvgIpc) is 2.04. The van der Waals surface area contributed by atoms with Crippen LogP contribution in [0.4, 0.5) is 0 Å². The summed E-state index contributed by atoms with van der Waals surface area (Å²) < 4.78 is 0. The summed E-state index contributed by atoms with van der Waals surface area (Å²) >= 11 is 0. The Labute approximate surface area is 83.9 Å². The molecular formula is C7H5FeNO4. The fourth-order valence-corrected chi connectivity index (χ4v) is 0.673. The van der Waals surface area contributed by atoms with Crippen LogP contribution in [-0.2, 0) is 17.1 Å². The molecule has 0 aliphatic heterocycles. The molecule has 0 aliphatic carbocycles. The zero-order chi connectivity index (χ0) is 9.14. The Balaban J connectivity index is 0.00000144. The first-order chi connectivity index (χ1) is 5.61. The molecule has 1 aromatic rings. The molecule has 0 fully saturated rings. The normalized spacial score (nSPS) is 8.62. The minimum Gasteiger partial charge on any atom is -0.477 e. The van der Waals surface area contributed by atoms with Gasteiger partial charge in [0.05, 0.1) is 0 Å². The third-order valence-electron chi connectivity index (χ3n) is 1.19. The fraction of sp³-hybridized carbons (Fsp3) is 0. The number of aromatic nitrogens is 1. The van der Waals surface area contributed by atoms with E-state index in [-0.39, 0.29) is 28.5 Å². The third kappa shape index (κ3) is 2.85. The van der Waals surface area contributed by atoms with Crippen molar-refractivity contribution >= 4 is 11.9 Å². The van der Waals surface area contributed by atoms with E-state index in [9.17, 15) is 9.59 Å². The van der Waals surface area contributed by atoms with Crippen LogP contribution in [0.1, 0.15) is 21.0 Å². The molecule has 0 amide bonds. The van der Waals surface area contributed by atoms with Crippen LogP contribution >= 0.6 is 0 Å². The summed E-state index contributed by atoms with van der Waals surface area (Å²) in [7, 11) is 0. The van der Waals surface area contributed by atoms with Crippen LogP contribution in [0.2, 0.25) is 0 Å². The number of hydrogen-bond donors (Lipinski definition) is 2. The van der Waals surface area contributed by atoms with E-state index in [0.29, 0.717) is 0 Å². The summed E-state index contributed by atoms with van der Waals surface area (Å²) in [4.78, 5) is 24.0. The zero-order valence-electron chi connectivity index (χ0n) is 6.24. The van der Waals surface area contributed by atoms with Crippen molar-refractivity contribution in [2.24, 2.45) is 0 Å². The van der Waals surface area contributed by atoms with E-state index in [1.54, 1.807) is 0 Å². The van der Waals surface area contributed by atoms with Gasteiger partial charge in [-0.15, -0.1) is 0 Å². The number of carboxylic acids is 2. The monoisotopic (exact) mass is 223 g/mol. The average molecular weight is 223 g/mol. The Kier molecular flexibility index (Phi) is 4.10. The van der Waals surface area contributed by atoms with E-state index in [4.69, 9.17) is 10.2 Å². The number of pyridine rings is 1. The molecule has 0 atom stereocenters. The largest absolute Gasteiger partial charge is 0.477 e. The second kappa shape index (κ2) is 4.59. The van der Waals surface area contributed by atoms with Crippen molar-refractivity contribution in [3.05, 3.63) is 29.6 Å². The van der Waals surface area contributed by atoms with Crippen molar-refractivity contribution in [3.8, 4) is 0 Å². The van der Waals surface area contributed by atoms with Gasteiger partial charge < -0.3 is 10.2 Å². The van der Waals surface area contributed by atoms with Gasteiger partial charge in [0.1, 0.15) is 11.4 Å². The summed E-state index contributed by atoms with van der Waals surface area (Å²) in [5.74, 6) is -2.48. The number of rotatable bonds is 2. The molecule has 0 bridgehead atoms. The number of hydrogen-bond acceptors (Lipinski definition) is 3. The summed E-state index contributed by atoms with van der Waals surface area (Å²) in [6, 6.07) is 3.80. The predicted octanol–water partition coefficient (Wildman–Crippen LogP) is 0.475. The Morgan fingerprint density at radius 3 is 1.77 bits per heavy atom. The molecule has 0 aromatic carbocycles. The van der Waals surface area contributed by atoms with E-state index in [2.05, 4.69) is 4.98 Å². The molecule has 5 nitrogen and oxygen atoms in total. The first-order valence-electron chi connectivity index (χ1n) is 3.05. The van der Waals surface area contributed by atoms with Gasteiger partial charge in [0.25, 0.3) is 0 Å². The van der Waals surface area contributed by atoms with Crippen LogP contribution in [0.5, 0.6) is 0 Å². The molecule has 1 aromatic heterocycles. The fourth-order valence-electron chi connectivity index (χ4n) is 0.673. The van der Waals surface area contributed by atoms with Gasteiger partial charge in [-0.3, -0.25) is 0 Å². The van der Waals surface area contributed by atoms with Gasteiger partial charge >= 0.3 is 11.9 Å². The quantitative estimate of drug-likeness (QED) is 0.711. The van der Waals surface area contributed by atoms with E-state index in [0.717, 1.165) is 0 Å². The predicted molar refractivity (Wildman–Crippen MR) is 38.2 cm³/mol. The molecule has 0 radical (unpaired) electrons. The Bertz CT molecular complexity index is 310. The van der Waals surface area contributed by atoms with Gasteiger partial charge in [-0.05, 0) is 12.1 Å². The van der Waals surface area contributed by atoms with Gasteiger partial charge in [-0.1, -0.05) is 6.07 Å². The van der Waals surface area contributed by atoms with Crippen LogP contribution in [0, 0.1) is 0 Å². The van der Waals surface area contributed by atoms with Crippen LogP contribution < -0.4 is 0 Å². The third-order valence-corrected chi connectivity index (χ3v) is 1.19. The molecule has 13 heavy (non-hydrogen) atoms. The SMILES string of the molecule is O=C(O)c1cccc(C(=O)O)n1.[Fe]. The van der Waals surface area contributed by atoms with Crippen molar-refractivity contribution in [2.75, 3.05) is 0 Å². The molecule has 0 aliphatic rings. The smallest absolute Gasteiger partial charge is 0.354 e. The molecule has 0 spiro atoms. The maximum absolute atomic E-state index is 10.3. The minimum atomic E-state index is -1.24. The van der Waals surface area contributed by atoms with Crippen molar-refractivity contribution in [2.45, 2.75) is 0 Å². The first kappa shape index (κ1) is 11.6. The van der Waals surface area contributed by atoms with Crippen LogP contribution in [-0.4, -0.2) is 27.1 Å². The van der Waals surface area contributed by atoms with Crippen molar-refractivity contribution < 1.29 is 36.9 Å². The summed E-state index contributed by atoms with van der Waals surface area (Å²) in [6.07, 6.45) is 0. The standard InChI is InChI=1S/C7H5NO4.Fe/c9-6(10)4-2-1-3-5(8-4)7(11)12;/h1-3H,(H,9,10)(H,11,12);. The number of carboxylic acid groups (broad SMARTS) is 2. The van der Waals surface area contributed by atoms with Crippen LogP contribution in [0.15, 0.2) is 18.2 Å². The maximum atomic E-state index is 10.3. The van der Waals surface area contributed by atoms with Gasteiger partial charge in [0.15, 0.2) is 0 Å². The second-order valence-electron chi connectivity index (χ2n) is 2.02. The van der Waals surface area contributed by atoms with E-state index in [1.165, 1.54) is 18.2 Å². The second-order valence-corrected chi connectivity index (χ2v) is 2.02. The van der Waals surface area contributed by atoms with Gasteiger partial charge in [0, 0.05) is 17.1 Å². The van der Waals surface area contributed by atoms with Crippen LogP contribution in [0.25, 0.3) is 0 Å². The zero-order valence-corrected chi connectivity index (χ0v) is 7.35.